The highest BCUT2D eigenvalue weighted by Crippen LogP contribution is 2.30. The van der Waals surface area contributed by atoms with Crippen LogP contribution in [0.4, 0.5) is 11.4 Å². The largest absolute Gasteiger partial charge is 0.325 e. The zero-order valence-electron chi connectivity index (χ0n) is 20.5. The lowest BCUT2D eigenvalue weighted by Gasteiger charge is -2.26. The summed E-state index contributed by atoms with van der Waals surface area (Å²) in [5.74, 6) is -0.325. The predicted octanol–water partition coefficient (Wildman–Crippen LogP) is 3.96. The first kappa shape index (κ1) is 24.1. The Labute approximate surface area is 213 Å². The molecule has 10 nitrogen and oxygen atoms in total. The van der Waals surface area contributed by atoms with Crippen molar-refractivity contribution < 1.29 is 9.59 Å². The molecule has 11 heteroatoms. The number of thiazole rings is 1. The van der Waals surface area contributed by atoms with Crippen LogP contribution in [0.3, 0.4) is 0 Å². The molecule has 5 heterocycles. The molecular weight excluding hydrogens is 476 g/mol. The number of likely N-dealkylation sites (tertiary alicyclic amines) is 1. The first-order valence-electron chi connectivity index (χ1n) is 12.2. The van der Waals surface area contributed by atoms with Gasteiger partial charge in [-0.1, -0.05) is 6.42 Å². The van der Waals surface area contributed by atoms with Gasteiger partial charge in [0.25, 0.3) is 5.91 Å². The summed E-state index contributed by atoms with van der Waals surface area (Å²) in [6.07, 6.45) is 13.9. The standard InChI is InChI=1S/C25H30N8O2S/c1-17-21(11-19(13-26-17)29-23(34)7-6-10-32-8-4-3-5-9-32)30-24(35)20-14-28-33-16-22(36-25(20)33)18-12-27-31(2)15-18/h11-16H,3-10H2,1-2H3,(H,29,34)(H,30,35). The van der Waals surface area contributed by atoms with Crippen LogP contribution < -0.4 is 10.6 Å². The molecule has 0 spiro atoms. The molecule has 0 aliphatic carbocycles. The van der Waals surface area contributed by atoms with Gasteiger partial charge < -0.3 is 15.5 Å². The summed E-state index contributed by atoms with van der Waals surface area (Å²) in [6, 6.07) is 1.75. The number of rotatable bonds is 8. The molecule has 1 aliphatic rings. The van der Waals surface area contributed by atoms with Crippen molar-refractivity contribution in [3.63, 3.8) is 0 Å². The van der Waals surface area contributed by atoms with Crippen molar-refractivity contribution in [1.29, 1.82) is 0 Å². The molecule has 5 rings (SSSR count). The normalized spacial score (nSPS) is 14.3. The topological polar surface area (TPSA) is 109 Å². The summed E-state index contributed by atoms with van der Waals surface area (Å²) in [5.41, 5.74) is 3.22. The average molecular weight is 507 g/mol. The highest BCUT2D eigenvalue weighted by molar-refractivity contribution is 7.21. The maximum atomic E-state index is 13.1. The van der Waals surface area contributed by atoms with Crippen LogP contribution in [0.1, 0.15) is 48.2 Å². The molecule has 0 radical (unpaired) electrons. The van der Waals surface area contributed by atoms with Crippen LogP contribution in [0.2, 0.25) is 0 Å². The molecule has 1 saturated heterocycles. The first-order valence-corrected chi connectivity index (χ1v) is 13.0. The second kappa shape index (κ2) is 10.6. The summed E-state index contributed by atoms with van der Waals surface area (Å²) < 4.78 is 3.44. The van der Waals surface area contributed by atoms with Crippen LogP contribution >= 0.6 is 11.3 Å². The lowest BCUT2D eigenvalue weighted by molar-refractivity contribution is -0.116. The number of hydrogen-bond acceptors (Lipinski definition) is 7. The van der Waals surface area contributed by atoms with Crippen molar-refractivity contribution in [2.45, 2.75) is 39.0 Å². The van der Waals surface area contributed by atoms with E-state index in [1.807, 2.05) is 26.4 Å². The third-order valence-corrected chi connectivity index (χ3v) is 7.54. The monoisotopic (exact) mass is 506 g/mol. The van der Waals surface area contributed by atoms with Crippen molar-refractivity contribution in [1.82, 2.24) is 29.3 Å². The van der Waals surface area contributed by atoms with E-state index in [0.717, 1.165) is 41.3 Å². The van der Waals surface area contributed by atoms with E-state index in [1.54, 1.807) is 33.9 Å². The second-order valence-corrected chi connectivity index (χ2v) is 10.2. The number of pyridine rings is 1. The zero-order chi connectivity index (χ0) is 25.1. The Morgan fingerprint density at radius 3 is 2.67 bits per heavy atom. The van der Waals surface area contributed by atoms with Gasteiger partial charge in [0.1, 0.15) is 4.83 Å². The number of carbonyl (C=O) groups is 2. The van der Waals surface area contributed by atoms with E-state index >= 15 is 0 Å². The van der Waals surface area contributed by atoms with E-state index in [4.69, 9.17) is 0 Å². The van der Waals surface area contributed by atoms with Gasteiger partial charge in [0.05, 0.1) is 46.1 Å². The van der Waals surface area contributed by atoms with Gasteiger partial charge in [-0.3, -0.25) is 19.3 Å². The minimum atomic E-state index is -0.278. The van der Waals surface area contributed by atoms with Crippen molar-refractivity contribution in [3.05, 3.63) is 48.3 Å². The molecule has 0 aromatic carbocycles. The fourth-order valence-corrected chi connectivity index (χ4v) is 5.44. The van der Waals surface area contributed by atoms with Crippen molar-refractivity contribution in [2.75, 3.05) is 30.3 Å². The number of aromatic nitrogens is 5. The average Bonchev–Trinajstić information content (AvgIpc) is 3.57. The number of carbonyl (C=O) groups excluding carboxylic acids is 2. The molecule has 4 aromatic heterocycles. The first-order chi connectivity index (χ1) is 17.5. The fraction of sp³-hybridized carbons (Fsp3) is 0.400. The van der Waals surface area contributed by atoms with E-state index in [-0.39, 0.29) is 11.8 Å². The minimum Gasteiger partial charge on any atom is -0.325 e. The van der Waals surface area contributed by atoms with Crippen LogP contribution in [0, 0.1) is 6.92 Å². The SMILES string of the molecule is Cc1ncc(NC(=O)CCCN2CCCCC2)cc1NC(=O)c1cnn2cc(-c3cnn(C)c3)sc12. The highest BCUT2D eigenvalue weighted by Gasteiger charge is 2.18. The second-order valence-electron chi connectivity index (χ2n) is 9.17. The Bertz CT molecular complexity index is 1380. The lowest BCUT2D eigenvalue weighted by Crippen LogP contribution is -2.31. The van der Waals surface area contributed by atoms with Gasteiger partial charge in [-0.05, 0) is 51.9 Å². The summed E-state index contributed by atoms with van der Waals surface area (Å²) in [5, 5.41) is 14.4. The third kappa shape index (κ3) is 5.47. The van der Waals surface area contributed by atoms with Gasteiger partial charge in [0, 0.05) is 31.4 Å². The number of nitrogens with one attached hydrogen (secondary N) is 2. The lowest BCUT2D eigenvalue weighted by atomic mass is 10.1. The number of fused-ring (bicyclic) bond motifs is 1. The van der Waals surface area contributed by atoms with E-state index < -0.39 is 0 Å². The third-order valence-electron chi connectivity index (χ3n) is 6.38. The minimum absolute atomic E-state index is 0.0465. The van der Waals surface area contributed by atoms with E-state index in [1.165, 1.54) is 30.6 Å². The summed E-state index contributed by atoms with van der Waals surface area (Å²) in [4.78, 5) is 34.1. The number of aryl methyl sites for hydroxylation is 2. The van der Waals surface area contributed by atoms with Crippen LogP contribution in [0.25, 0.3) is 15.3 Å². The summed E-state index contributed by atoms with van der Waals surface area (Å²) in [7, 11) is 1.86. The Hall–Kier alpha value is -3.57. The van der Waals surface area contributed by atoms with Crippen molar-refractivity contribution >= 4 is 39.4 Å². The van der Waals surface area contributed by atoms with Gasteiger partial charge in [0.15, 0.2) is 0 Å². The molecule has 1 fully saturated rings. The predicted molar refractivity (Wildman–Crippen MR) is 140 cm³/mol. The summed E-state index contributed by atoms with van der Waals surface area (Å²) in [6.45, 7) is 5.03. The smallest absolute Gasteiger partial charge is 0.260 e. The van der Waals surface area contributed by atoms with E-state index in [9.17, 15) is 9.59 Å². The highest BCUT2D eigenvalue weighted by atomic mass is 32.1. The number of piperidine rings is 1. The zero-order valence-corrected chi connectivity index (χ0v) is 21.3. The Morgan fingerprint density at radius 2 is 1.89 bits per heavy atom. The molecular formula is C25H30N8O2S. The number of hydrogen-bond donors (Lipinski definition) is 2. The van der Waals surface area contributed by atoms with Crippen molar-refractivity contribution in [2.24, 2.45) is 7.05 Å². The molecule has 0 unspecified atom stereocenters. The maximum Gasteiger partial charge on any atom is 0.260 e. The van der Waals surface area contributed by atoms with Crippen molar-refractivity contribution in [3.8, 4) is 10.4 Å². The van der Waals surface area contributed by atoms with Crippen LogP contribution in [-0.4, -0.2) is 60.7 Å². The Balaban J connectivity index is 1.22. The fourth-order valence-electron chi connectivity index (χ4n) is 4.41. The number of nitrogens with zero attached hydrogens (tertiary/aromatic N) is 6. The van der Waals surface area contributed by atoms with Gasteiger partial charge >= 0.3 is 0 Å². The van der Waals surface area contributed by atoms with Gasteiger partial charge in [-0.2, -0.15) is 10.2 Å². The summed E-state index contributed by atoms with van der Waals surface area (Å²) >= 11 is 1.48. The van der Waals surface area contributed by atoms with Gasteiger partial charge in [0.2, 0.25) is 5.91 Å². The molecule has 2 amide bonds. The van der Waals surface area contributed by atoms with Crippen LogP contribution in [0.15, 0.2) is 37.1 Å². The van der Waals surface area contributed by atoms with Gasteiger partial charge in [-0.15, -0.1) is 11.3 Å². The molecule has 36 heavy (non-hydrogen) atoms. The molecule has 4 aromatic rings. The number of amides is 2. The maximum absolute atomic E-state index is 13.1. The van der Waals surface area contributed by atoms with E-state index in [2.05, 4.69) is 30.7 Å². The molecule has 188 valence electrons. The molecule has 1 aliphatic heterocycles. The van der Waals surface area contributed by atoms with Gasteiger partial charge in [-0.25, -0.2) is 4.52 Å². The quantitative estimate of drug-likeness (QED) is 0.374. The van der Waals surface area contributed by atoms with Crippen LogP contribution in [0.5, 0.6) is 0 Å². The molecule has 0 atom stereocenters. The van der Waals surface area contributed by atoms with Crippen LogP contribution in [-0.2, 0) is 11.8 Å². The molecule has 0 saturated carbocycles. The molecule has 2 N–H and O–H groups in total. The molecule has 0 bridgehead atoms. The van der Waals surface area contributed by atoms with E-state index in [0.29, 0.717) is 29.1 Å². The number of anilines is 2. The Morgan fingerprint density at radius 1 is 1.06 bits per heavy atom. The Kier molecular flexibility index (Phi) is 7.10.